The van der Waals surface area contributed by atoms with E-state index in [2.05, 4.69) is 32.6 Å². The molecule has 0 aliphatic heterocycles. The minimum absolute atomic E-state index is 0.254. The Morgan fingerprint density at radius 3 is 2.20 bits per heavy atom. The highest BCUT2D eigenvalue weighted by atomic mass is 127. The minimum Gasteiger partial charge on any atom is -0.265 e. The lowest BCUT2D eigenvalue weighted by molar-refractivity contribution is 0.628. The van der Waals surface area contributed by atoms with Crippen molar-refractivity contribution in [1.82, 2.24) is 9.97 Å². The van der Waals surface area contributed by atoms with Crippen LogP contribution < -0.4 is 0 Å². The van der Waals surface area contributed by atoms with Crippen molar-refractivity contribution in [2.75, 3.05) is 0 Å². The number of rotatable bonds is 2. The molecule has 0 spiro atoms. The van der Waals surface area contributed by atoms with Crippen molar-refractivity contribution in [3.63, 3.8) is 0 Å². The molecule has 0 aliphatic carbocycles. The summed E-state index contributed by atoms with van der Waals surface area (Å²) in [5.74, 6) is -0.254. The number of hydrogen-bond acceptors (Lipinski definition) is 2. The predicted octanol–water partition coefficient (Wildman–Crippen LogP) is 4.55. The van der Waals surface area contributed by atoms with Crippen LogP contribution in [0.5, 0.6) is 0 Å². The average molecular weight is 376 g/mol. The second kappa shape index (κ2) is 5.66. The molecule has 0 atom stereocenters. The molecule has 0 saturated heterocycles. The van der Waals surface area contributed by atoms with E-state index in [1.54, 1.807) is 36.9 Å². The molecule has 0 saturated carbocycles. The Labute approximate surface area is 129 Å². The summed E-state index contributed by atoms with van der Waals surface area (Å²) in [5.41, 5.74) is 3.58. The Balaban J connectivity index is 2.22. The van der Waals surface area contributed by atoms with E-state index in [0.29, 0.717) is 0 Å². The molecule has 3 rings (SSSR count). The summed E-state index contributed by atoms with van der Waals surface area (Å²) in [6, 6.07) is 10.6. The van der Waals surface area contributed by atoms with Gasteiger partial charge in [-0.2, -0.15) is 0 Å². The summed E-state index contributed by atoms with van der Waals surface area (Å²) in [6.45, 7) is 0. The van der Waals surface area contributed by atoms with Gasteiger partial charge >= 0.3 is 0 Å². The number of halogens is 2. The third kappa shape index (κ3) is 2.56. The van der Waals surface area contributed by atoms with Crippen molar-refractivity contribution in [3.05, 3.63) is 70.6 Å². The summed E-state index contributed by atoms with van der Waals surface area (Å²) in [5, 5.41) is 0. The molecule has 0 amide bonds. The second-order valence-corrected chi connectivity index (χ2v) is 5.37. The van der Waals surface area contributed by atoms with E-state index in [9.17, 15) is 4.39 Å². The van der Waals surface area contributed by atoms with Gasteiger partial charge in [0, 0.05) is 39.5 Å². The van der Waals surface area contributed by atoms with Gasteiger partial charge in [-0.05, 0) is 64.0 Å². The first kappa shape index (κ1) is 13.2. The normalized spacial score (nSPS) is 10.5. The lowest BCUT2D eigenvalue weighted by Crippen LogP contribution is -1.91. The molecule has 3 aromatic rings. The molecule has 1 aromatic carbocycles. The van der Waals surface area contributed by atoms with Crippen molar-refractivity contribution in [1.29, 1.82) is 0 Å². The molecule has 2 heterocycles. The van der Waals surface area contributed by atoms with E-state index in [4.69, 9.17) is 0 Å². The molecule has 0 bridgehead atoms. The topological polar surface area (TPSA) is 25.8 Å². The molecule has 2 nitrogen and oxygen atoms in total. The number of nitrogens with zero attached hydrogens (tertiary/aromatic N) is 2. The van der Waals surface area contributed by atoms with Gasteiger partial charge in [0.05, 0.1) is 0 Å². The van der Waals surface area contributed by atoms with E-state index in [-0.39, 0.29) is 5.82 Å². The SMILES string of the molecule is Fc1cc(-c2ccncc2)c(I)c(-c2cccnc2)c1. The van der Waals surface area contributed by atoms with Gasteiger partial charge in [0.15, 0.2) is 0 Å². The molecule has 0 aliphatic rings. The fourth-order valence-corrected chi connectivity index (χ4v) is 3.00. The summed E-state index contributed by atoms with van der Waals surface area (Å²) < 4.78 is 14.9. The van der Waals surface area contributed by atoms with Gasteiger partial charge in [-0.1, -0.05) is 6.07 Å². The van der Waals surface area contributed by atoms with Crippen LogP contribution in [0.1, 0.15) is 0 Å². The van der Waals surface area contributed by atoms with Gasteiger partial charge in [-0.3, -0.25) is 9.97 Å². The second-order valence-electron chi connectivity index (χ2n) is 4.29. The van der Waals surface area contributed by atoms with E-state index < -0.39 is 0 Å². The maximum atomic E-state index is 13.9. The zero-order valence-corrected chi connectivity index (χ0v) is 12.6. The van der Waals surface area contributed by atoms with Gasteiger partial charge in [-0.25, -0.2) is 4.39 Å². The average Bonchev–Trinajstić information content (AvgIpc) is 2.51. The monoisotopic (exact) mass is 376 g/mol. The first-order valence-corrected chi connectivity index (χ1v) is 7.13. The van der Waals surface area contributed by atoms with Crippen LogP contribution in [0, 0.1) is 9.39 Å². The number of hydrogen-bond donors (Lipinski definition) is 0. The van der Waals surface area contributed by atoms with Crippen LogP contribution in [-0.4, -0.2) is 9.97 Å². The van der Waals surface area contributed by atoms with Crippen LogP contribution in [-0.2, 0) is 0 Å². The standard InChI is InChI=1S/C16H10FIN2/c17-13-8-14(11-3-6-19-7-4-11)16(18)15(9-13)12-2-1-5-20-10-12/h1-10H. The van der Waals surface area contributed by atoms with Crippen LogP contribution in [0.15, 0.2) is 61.2 Å². The highest BCUT2D eigenvalue weighted by Gasteiger charge is 2.12. The molecule has 20 heavy (non-hydrogen) atoms. The Morgan fingerprint density at radius 2 is 1.55 bits per heavy atom. The Hall–Kier alpha value is -1.82. The highest BCUT2D eigenvalue weighted by Crippen LogP contribution is 2.34. The first-order valence-electron chi connectivity index (χ1n) is 6.05. The molecule has 98 valence electrons. The Morgan fingerprint density at radius 1 is 0.850 bits per heavy atom. The first-order chi connectivity index (χ1) is 9.75. The highest BCUT2D eigenvalue weighted by molar-refractivity contribution is 14.1. The van der Waals surface area contributed by atoms with Gasteiger partial charge in [0.25, 0.3) is 0 Å². The minimum atomic E-state index is -0.254. The zero-order chi connectivity index (χ0) is 13.9. The Bertz CT molecular complexity index is 669. The molecule has 0 N–H and O–H groups in total. The van der Waals surface area contributed by atoms with Crippen LogP contribution in [0.3, 0.4) is 0 Å². The van der Waals surface area contributed by atoms with Crippen molar-refractivity contribution < 1.29 is 4.39 Å². The lowest BCUT2D eigenvalue weighted by Gasteiger charge is -2.11. The van der Waals surface area contributed by atoms with Crippen molar-refractivity contribution in [2.45, 2.75) is 0 Å². The van der Waals surface area contributed by atoms with E-state index in [1.165, 1.54) is 0 Å². The molecule has 2 aromatic heterocycles. The third-order valence-electron chi connectivity index (χ3n) is 3.00. The van der Waals surface area contributed by atoms with Crippen LogP contribution >= 0.6 is 22.6 Å². The van der Waals surface area contributed by atoms with Crippen LogP contribution in [0.4, 0.5) is 4.39 Å². The lowest BCUT2D eigenvalue weighted by atomic mass is 10.0. The van der Waals surface area contributed by atoms with Crippen molar-refractivity contribution in [2.24, 2.45) is 0 Å². The fraction of sp³-hybridized carbons (Fsp3) is 0. The summed E-state index contributed by atoms with van der Waals surface area (Å²) in [4.78, 5) is 8.10. The number of aromatic nitrogens is 2. The quantitative estimate of drug-likeness (QED) is 0.613. The van der Waals surface area contributed by atoms with Crippen LogP contribution in [0.2, 0.25) is 0 Å². The smallest absolute Gasteiger partial charge is 0.124 e. The fourth-order valence-electron chi connectivity index (χ4n) is 2.06. The molecule has 0 fully saturated rings. The third-order valence-corrected chi connectivity index (χ3v) is 4.16. The molecule has 0 unspecified atom stereocenters. The van der Waals surface area contributed by atoms with Crippen molar-refractivity contribution >= 4 is 22.6 Å². The number of benzene rings is 1. The Kier molecular flexibility index (Phi) is 3.73. The molecular weight excluding hydrogens is 366 g/mol. The van der Waals surface area contributed by atoms with E-state index >= 15 is 0 Å². The maximum Gasteiger partial charge on any atom is 0.124 e. The van der Waals surface area contributed by atoms with Gasteiger partial charge < -0.3 is 0 Å². The van der Waals surface area contributed by atoms with Crippen molar-refractivity contribution in [3.8, 4) is 22.3 Å². The predicted molar refractivity (Wildman–Crippen MR) is 85.6 cm³/mol. The van der Waals surface area contributed by atoms with Gasteiger partial charge in [-0.15, -0.1) is 0 Å². The van der Waals surface area contributed by atoms with Gasteiger partial charge in [0.1, 0.15) is 5.82 Å². The maximum absolute atomic E-state index is 13.9. The summed E-state index contributed by atoms with van der Waals surface area (Å²) in [6.07, 6.45) is 6.87. The van der Waals surface area contributed by atoms with Crippen LogP contribution in [0.25, 0.3) is 22.3 Å². The molecular formula is C16H10FIN2. The summed E-state index contributed by atoms with van der Waals surface area (Å²) in [7, 11) is 0. The van der Waals surface area contributed by atoms with E-state index in [1.807, 2.05) is 24.3 Å². The molecule has 0 radical (unpaired) electrons. The zero-order valence-electron chi connectivity index (χ0n) is 10.4. The van der Waals surface area contributed by atoms with E-state index in [0.717, 1.165) is 25.8 Å². The molecule has 4 heteroatoms. The summed E-state index contributed by atoms with van der Waals surface area (Å²) >= 11 is 2.25. The number of pyridine rings is 2. The van der Waals surface area contributed by atoms with Gasteiger partial charge in [0.2, 0.25) is 0 Å². The largest absolute Gasteiger partial charge is 0.265 e.